The van der Waals surface area contributed by atoms with E-state index in [1.54, 1.807) is 12.1 Å². The summed E-state index contributed by atoms with van der Waals surface area (Å²) in [6.07, 6.45) is 0.956. The number of rotatable bonds is 6. The number of hydrogen-bond donors (Lipinski definition) is 3. The van der Waals surface area contributed by atoms with Crippen LogP contribution in [0, 0.1) is 0 Å². The molecular weight excluding hydrogens is 356 g/mol. The fraction of sp³-hybridized carbons (Fsp3) is 0.286. The van der Waals surface area contributed by atoms with Crippen molar-refractivity contribution in [2.24, 2.45) is 0 Å². The molecule has 4 N–H and O–H groups in total. The highest BCUT2D eigenvalue weighted by Gasteiger charge is 2.22. The van der Waals surface area contributed by atoms with Gasteiger partial charge in [0.15, 0.2) is 0 Å². The molecule has 0 aliphatic carbocycles. The van der Waals surface area contributed by atoms with Crippen LogP contribution in [0.3, 0.4) is 0 Å². The Kier molecular flexibility index (Phi) is 6.26. The van der Waals surface area contributed by atoms with Gasteiger partial charge in [-0.1, -0.05) is 30.3 Å². The van der Waals surface area contributed by atoms with E-state index in [0.29, 0.717) is 43.7 Å². The summed E-state index contributed by atoms with van der Waals surface area (Å²) in [7, 11) is 0. The number of piperazine rings is 1. The van der Waals surface area contributed by atoms with E-state index in [1.165, 1.54) is 4.90 Å². The molecule has 0 radical (unpaired) electrons. The van der Waals surface area contributed by atoms with E-state index in [2.05, 4.69) is 10.6 Å². The molecule has 0 aromatic heterocycles. The van der Waals surface area contributed by atoms with Crippen molar-refractivity contribution in [1.29, 1.82) is 0 Å². The molecule has 2 aromatic carbocycles. The number of anilines is 1. The molecule has 1 saturated heterocycles. The van der Waals surface area contributed by atoms with E-state index in [9.17, 15) is 14.4 Å². The molecule has 1 aliphatic heterocycles. The van der Waals surface area contributed by atoms with Crippen LogP contribution in [0.1, 0.15) is 27.9 Å². The Hall–Kier alpha value is -3.35. The van der Waals surface area contributed by atoms with Gasteiger partial charge in [0.05, 0.1) is 6.54 Å². The first-order valence-electron chi connectivity index (χ1n) is 9.28. The molecule has 0 atom stereocenters. The lowest BCUT2D eigenvalue weighted by Gasteiger charge is -2.26. The van der Waals surface area contributed by atoms with Crippen molar-refractivity contribution in [3.63, 3.8) is 0 Å². The maximum Gasteiger partial charge on any atom is 0.254 e. The smallest absolute Gasteiger partial charge is 0.254 e. The minimum Gasteiger partial charge on any atom is -0.399 e. The second kappa shape index (κ2) is 9.03. The normalized spacial score (nSPS) is 13.7. The fourth-order valence-electron chi connectivity index (χ4n) is 3.06. The monoisotopic (exact) mass is 380 g/mol. The third-order valence-electron chi connectivity index (χ3n) is 4.69. The summed E-state index contributed by atoms with van der Waals surface area (Å²) in [4.78, 5) is 37.5. The van der Waals surface area contributed by atoms with Crippen molar-refractivity contribution in [2.45, 2.75) is 19.4 Å². The molecule has 3 amide bonds. The van der Waals surface area contributed by atoms with Gasteiger partial charge in [0.25, 0.3) is 5.91 Å². The number of carbonyl (C=O) groups is 3. The molecule has 1 fully saturated rings. The van der Waals surface area contributed by atoms with Gasteiger partial charge in [0.1, 0.15) is 0 Å². The summed E-state index contributed by atoms with van der Waals surface area (Å²) in [6, 6.07) is 14.6. The van der Waals surface area contributed by atoms with Gasteiger partial charge in [0.2, 0.25) is 11.8 Å². The third-order valence-corrected chi connectivity index (χ3v) is 4.69. The molecule has 0 spiro atoms. The quantitative estimate of drug-likeness (QED) is 0.653. The summed E-state index contributed by atoms with van der Waals surface area (Å²) in [5.41, 5.74) is 8.98. The van der Waals surface area contributed by atoms with E-state index < -0.39 is 0 Å². The Bertz CT molecular complexity index is 864. The van der Waals surface area contributed by atoms with E-state index in [1.807, 2.05) is 36.4 Å². The average molecular weight is 380 g/mol. The lowest BCUT2D eigenvalue weighted by Crippen LogP contribution is -2.49. The van der Waals surface area contributed by atoms with E-state index in [4.69, 9.17) is 5.73 Å². The number of nitrogens with two attached hydrogens (primary N) is 1. The molecule has 7 heteroatoms. The highest BCUT2D eigenvalue weighted by Crippen LogP contribution is 2.13. The Balaban J connectivity index is 1.47. The number of nitrogens with one attached hydrogen (secondary N) is 2. The maximum absolute atomic E-state index is 12.4. The van der Waals surface area contributed by atoms with Gasteiger partial charge < -0.3 is 21.3 Å². The summed E-state index contributed by atoms with van der Waals surface area (Å²) < 4.78 is 0. The number of benzene rings is 2. The first-order chi connectivity index (χ1) is 13.5. The van der Waals surface area contributed by atoms with Crippen LogP contribution in [0.25, 0.3) is 0 Å². The van der Waals surface area contributed by atoms with Crippen molar-refractivity contribution in [2.75, 3.05) is 25.4 Å². The van der Waals surface area contributed by atoms with E-state index in [0.717, 1.165) is 11.1 Å². The molecule has 146 valence electrons. The Morgan fingerprint density at radius 1 is 1.11 bits per heavy atom. The molecule has 28 heavy (non-hydrogen) atoms. The molecule has 3 rings (SSSR count). The third kappa shape index (κ3) is 5.09. The lowest BCUT2D eigenvalue weighted by atomic mass is 10.1. The van der Waals surface area contributed by atoms with E-state index in [-0.39, 0.29) is 24.3 Å². The minimum atomic E-state index is -0.161. The van der Waals surface area contributed by atoms with Gasteiger partial charge in [-0.2, -0.15) is 0 Å². The summed E-state index contributed by atoms with van der Waals surface area (Å²) in [6.45, 7) is 1.46. The van der Waals surface area contributed by atoms with E-state index >= 15 is 0 Å². The van der Waals surface area contributed by atoms with Crippen molar-refractivity contribution in [3.8, 4) is 0 Å². The number of nitrogens with zero attached hydrogens (tertiary/aromatic N) is 1. The Morgan fingerprint density at radius 2 is 1.86 bits per heavy atom. The number of amides is 3. The first-order valence-corrected chi connectivity index (χ1v) is 9.28. The highest BCUT2D eigenvalue weighted by atomic mass is 16.2. The van der Waals surface area contributed by atoms with Crippen LogP contribution < -0.4 is 16.4 Å². The van der Waals surface area contributed by atoms with Crippen molar-refractivity contribution in [3.05, 3.63) is 65.2 Å². The van der Waals surface area contributed by atoms with Crippen molar-refractivity contribution < 1.29 is 14.4 Å². The fourth-order valence-corrected chi connectivity index (χ4v) is 3.06. The number of nitrogen functional groups attached to an aromatic ring is 1. The zero-order valence-electron chi connectivity index (χ0n) is 15.6. The standard InChI is InChI=1S/C21H24N4O3/c22-18-4-2-1-3-16(18)9-10-19(26)24-13-15-5-7-17(8-6-15)21(28)25-12-11-23-20(27)14-25/h1-8H,9-14,22H2,(H,23,27)(H,24,26). The molecular formula is C21H24N4O3. The SMILES string of the molecule is Nc1ccccc1CCC(=O)NCc1ccc(C(=O)N2CCNC(=O)C2)cc1. The zero-order valence-corrected chi connectivity index (χ0v) is 15.6. The largest absolute Gasteiger partial charge is 0.399 e. The molecule has 0 bridgehead atoms. The number of aryl methyl sites for hydroxylation is 1. The summed E-state index contributed by atoms with van der Waals surface area (Å²) >= 11 is 0. The Morgan fingerprint density at radius 3 is 2.57 bits per heavy atom. The predicted octanol–water partition coefficient (Wildman–Crippen LogP) is 1.09. The second-order valence-electron chi connectivity index (χ2n) is 6.75. The molecule has 2 aromatic rings. The van der Waals surface area contributed by atoms with Crippen molar-refractivity contribution >= 4 is 23.4 Å². The maximum atomic E-state index is 12.4. The van der Waals surface area contributed by atoms with Crippen LogP contribution in [0.5, 0.6) is 0 Å². The molecule has 0 unspecified atom stereocenters. The lowest BCUT2D eigenvalue weighted by molar-refractivity contribution is -0.123. The van der Waals surface area contributed by atoms with Crippen LogP contribution in [0.4, 0.5) is 5.69 Å². The van der Waals surface area contributed by atoms with Gasteiger partial charge in [0, 0.05) is 37.3 Å². The number of para-hydroxylation sites is 1. The summed E-state index contributed by atoms with van der Waals surface area (Å²) in [5, 5.41) is 5.58. The molecule has 7 nitrogen and oxygen atoms in total. The summed E-state index contributed by atoms with van der Waals surface area (Å²) in [5.74, 6) is -0.357. The van der Waals surface area contributed by atoms with Gasteiger partial charge >= 0.3 is 0 Å². The van der Waals surface area contributed by atoms with Crippen LogP contribution in [0.15, 0.2) is 48.5 Å². The van der Waals surface area contributed by atoms with Gasteiger partial charge in [-0.3, -0.25) is 14.4 Å². The van der Waals surface area contributed by atoms with Crippen LogP contribution in [-0.2, 0) is 22.6 Å². The van der Waals surface area contributed by atoms with Crippen LogP contribution in [0.2, 0.25) is 0 Å². The second-order valence-corrected chi connectivity index (χ2v) is 6.75. The number of hydrogen-bond acceptors (Lipinski definition) is 4. The zero-order chi connectivity index (χ0) is 19.9. The van der Waals surface area contributed by atoms with Gasteiger partial charge in [-0.25, -0.2) is 0 Å². The minimum absolute atomic E-state index is 0.0530. The molecule has 0 saturated carbocycles. The Labute approximate surface area is 163 Å². The van der Waals surface area contributed by atoms with Crippen LogP contribution in [-0.4, -0.2) is 42.3 Å². The van der Waals surface area contributed by atoms with Crippen molar-refractivity contribution in [1.82, 2.24) is 15.5 Å². The molecule has 1 aliphatic rings. The predicted molar refractivity (Wildman–Crippen MR) is 106 cm³/mol. The number of carbonyl (C=O) groups excluding carboxylic acids is 3. The topological polar surface area (TPSA) is 105 Å². The van der Waals surface area contributed by atoms with Gasteiger partial charge in [-0.15, -0.1) is 0 Å². The van der Waals surface area contributed by atoms with Gasteiger partial charge in [-0.05, 0) is 35.7 Å². The highest BCUT2D eigenvalue weighted by molar-refractivity contribution is 5.97. The van der Waals surface area contributed by atoms with Crippen LogP contribution >= 0.6 is 0 Å². The molecule has 1 heterocycles. The first kappa shape index (κ1) is 19.4. The average Bonchev–Trinajstić information content (AvgIpc) is 2.71.